The number of carbonyl (C=O) groups excluding carboxylic acids is 4. The molecule has 3 aromatic carbocycles. The Hall–Kier alpha value is -5.04. The molecule has 0 atom stereocenters. The summed E-state index contributed by atoms with van der Waals surface area (Å²) in [6.07, 6.45) is 1.26. The highest BCUT2D eigenvalue weighted by Crippen LogP contribution is 2.29. The predicted octanol–water partition coefficient (Wildman–Crippen LogP) is 4.05. The molecule has 39 heavy (non-hydrogen) atoms. The molecule has 0 aromatic heterocycles. The van der Waals surface area contributed by atoms with Gasteiger partial charge in [0.1, 0.15) is 17.1 Å². The van der Waals surface area contributed by atoms with Gasteiger partial charge in [-0.3, -0.25) is 29.8 Å². The van der Waals surface area contributed by atoms with Crippen LogP contribution >= 0.6 is 15.9 Å². The van der Waals surface area contributed by atoms with E-state index in [9.17, 15) is 29.3 Å². The number of imide groups is 2. The van der Waals surface area contributed by atoms with Crippen LogP contribution in [0.5, 0.6) is 11.5 Å². The van der Waals surface area contributed by atoms with Crippen molar-refractivity contribution in [1.29, 1.82) is 0 Å². The van der Waals surface area contributed by atoms with Crippen molar-refractivity contribution in [3.63, 3.8) is 0 Å². The van der Waals surface area contributed by atoms with Gasteiger partial charge in [-0.15, -0.1) is 0 Å². The first kappa shape index (κ1) is 27.0. The van der Waals surface area contributed by atoms with Crippen molar-refractivity contribution < 1.29 is 33.6 Å². The number of nitrogens with zero attached hydrogens (tertiary/aromatic N) is 2. The number of benzene rings is 3. The van der Waals surface area contributed by atoms with Crippen LogP contribution in [0.15, 0.2) is 76.8 Å². The van der Waals surface area contributed by atoms with E-state index in [4.69, 9.17) is 9.47 Å². The summed E-state index contributed by atoms with van der Waals surface area (Å²) in [5.41, 5.74) is 0.133. The fraction of sp³-hybridized carbons (Fsp3) is 0.0769. The zero-order chi connectivity index (χ0) is 28.1. The van der Waals surface area contributed by atoms with E-state index in [1.165, 1.54) is 37.5 Å². The molecule has 198 valence electrons. The molecule has 4 rings (SSSR count). The summed E-state index contributed by atoms with van der Waals surface area (Å²) in [7, 11) is 1.49. The predicted molar refractivity (Wildman–Crippen MR) is 143 cm³/mol. The van der Waals surface area contributed by atoms with E-state index in [-0.39, 0.29) is 23.6 Å². The lowest BCUT2D eigenvalue weighted by Gasteiger charge is -2.26. The molecule has 0 aliphatic carbocycles. The third kappa shape index (κ3) is 6.10. The fourth-order valence-electron chi connectivity index (χ4n) is 3.61. The highest BCUT2D eigenvalue weighted by atomic mass is 79.9. The quantitative estimate of drug-likeness (QED) is 0.171. The van der Waals surface area contributed by atoms with Crippen LogP contribution in [0.3, 0.4) is 0 Å². The van der Waals surface area contributed by atoms with Gasteiger partial charge in [-0.1, -0.05) is 24.3 Å². The summed E-state index contributed by atoms with van der Waals surface area (Å²) in [4.78, 5) is 61.3. The minimum atomic E-state index is -1.03. The molecule has 2 N–H and O–H groups in total. The lowest BCUT2D eigenvalue weighted by Crippen LogP contribution is -2.54. The number of methoxy groups -OCH3 is 1. The number of non-ortho nitro benzene ring substituents is 1. The number of hydrogen-bond donors (Lipinski definition) is 2. The number of ether oxygens (including phenoxy) is 2. The maximum Gasteiger partial charge on any atom is 0.335 e. The van der Waals surface area contributed by atoms with Gasteiger partial charge >= 0.3 is 6.03 Å². The molecule has 1 saturated heterocycles. The number of hydrogen-bond acceptors (Lipinski definition) is 8. The molecule has 1 aliphatic rings. The largest absolute Gasteiger partial charge is 0.495 e. The van der Waals surface area contributed by atoms with Crippen LogP contribution in [0.25, 0.3) is 6.08 Å². The van der Waals surface area contributed by atoms with Gasteiger partial charge in [0.15, 0.2) is 6.61 Å². The maximum absolute atomic E-state index is 13.1. The van der Waals surface area contributed by atoms with Crippen molar-refractivity contribution in [2.24, 2.45) is 0 Å². The van der Waals surface area contributed by atoms with Crippen LogP contribution in [0.4, 0.5) is 21.9 Å². The van der Waals surface area contributed by atoms with Gasteiger partial charge in [0, 0.05) is 12.1 Å². The van der Waals surface area contributed by atoms with Gasteiger partial charge < -0.3 is 14.8 Å². The van der Waals surface area contributed by atoms with Gasteiger partial charge in [0.2, 0.25) is 0 Å². The highest BCUT2D eigenvalue weighted by molar-refractivity contribution is 9.10. The number of barbiturate groups is 1. The summed E-state index contributed by atoms with van der Waals surface area (Å²) < 4.78 is 11.2. The van der Waals surface area contributed by atoms with E-state index in [0.29, 0.717) is 32.1 Å². The number of nitro groups is 1. The third-order valence-corrected chi connectivity index (χ3v) is 6.03. The lowest BCUT2D eigenvalue weighted by molar-refractivity contribution is -0.384. The van der Waals surface area contributed by atoms with Gasteiger partial charge in [-0.05, 0) is 57.9 Å². The number of anilines is 2. The van der Waals surface area contributed by atoms with Crippen LogP contribution in [0, 0.1) is 10.1 Å². The second-order valence-electron chi connectivity index (χ2n) is 7.96. The lowest BCUT2D eigenvalue weighted by atomic mass is 10.1. The number of para-hydroxylation sites is 2. The van der Waals surface area contributed by atoms with E-state index in [1.54, 1.807) is 36.4 Å². The Morgan fingerprint density at radius 3 is 2.56 bits per heavy atom. The topological polar surface area (TPSA) is 157 Å². The van der Waals surface area contributed by atoms with E-state index in [1.807, 2.05) is 0 Å². The summed E-state index contributed by atoms with van der Waals surface area (Å²) >= 11 is 3.34. The molecular formula is C26H19BrN4O8. The minimum absolute atomic E-state index is 0.0681. The number of nitro benzene ring substituents is 1. The summed E-state index contributed by atoms with van der Waals surface area (Å²) in [6, 6.07) is 15.4. The first-order chi connectivity index (χ1) is 18.7. The standard InChI is InChI=1S/C26H19BrN4O8/c1-38-22-8-3-2-7-20(22)28-23(32)14-39-21-10-9-15(12-19(21)27)11-18-24(33)29-26(35)30(25(18)34)16-5-4-6-17(13-16)31(36)37/h2-13H,14H2,1H3,(H,28,32)(H,29,33,35)/b18-11-. The molecule has 0 unspecified atom stereocenters. The maximum atomic E-state index is 13.1. The van der Waals surface area contributed by atoms with Crippen molar-refractivity contribution in [2.75, 3.05) is 23.9 Å². The van der Waals surface area contributed by atoms with Gasteiger partial charge in [-0.25, -0.2) is 9.69 Å². The second-order valence-corrected chi connectivity index (χ2v) is 8.82. The van der Waals surface area contributed by atoms with Crippen molar-refractivity contribution in [3.05, 3.63) is 92.5 Å². The van der Waals surface area contributed by atoms with Gasteiger partial charge in [0.25, 0.3) is 23.4 Å². The molecule has 0 radical (unpaired) electrons. The molecule has 3 aromatic rings. The molecular weight excluding hydrogens is 576 g/mol. The van der Waals surface area contributed by atoms with Crippen LogP contribution < -0.4 is 25.0 Å². The molecule has 0 bridgehead atoms. The number of amides is 5. The summed E-state index contributed by atoms with van der Waals surface area (Å²) in [5, 5.41) is 15.9. The highest BCUT2D eigenvalue weighted by Gasteiger charge is 2.37. The Kier molecular flexibility index (Phi) is 8.01. The van der Waals surface area contributed by atoms with Crippen molar-refractivity contribution in [1.82, 2.24) is 5.32 Å². The Bertz CT molecular complexity index is 1540. The van der Waals surface area contributed by atoms with Crippen LogP contribution in [-0.4, -0.2) is 42.4 Å². The molecule has 12 nitrogen and oxygen atoms in total. The number of carbonyl (C=O) groups is 4. The van der Waals surface area contributed by atoms with Crippen LogP contribution in [0.2, 0.25) is 0 Å². The SMILES string of the molecule is COc1ccccc1NC(=O)COc1ccc(/C=C2/C(=O)NC(=O)N(c3cccc([N+](=O)[O-])c3)C2=O)cc1Br. The molecule has 5 amide bonds. The van der Waals surface area contributed by atoms with E-state index < -0.39 is 28.7 Å². The van der Waals surface area contributed by atoms with E-state index in [0.717, 1.165) is 6.07 Å². The summed E-state index contributed by atoms with van der Waals surface area (Å²) in [6.45, 7) is -0.307. The molecule has 1 fully saturated rings. The summed E-state index contributed by atoms with van der Waals surface area (Å²) in [5.74, 6) is -1.48. The van der Waals surface area contributed by atoms with E-state index >= 15 is 0 Å². The zero-order valence-electron chi connectivity index (χ0n) is 20.2. The Morgan fingerprint density at radius 2 is 1.85 bits per heavy atom. The first-order valence-corrected chi connectivity index (χ1v) is 12.0. The number of urea groups is 1. The molecule has 1 heterocycles. The second kappa shape index (κ2) is 11.6. The normalized spacial score (nSPS) is 14.2. The van der Waals surface area contributed by atoms with Crippen LogP contribution in [-0.2, 0) is 14.4 Å². The first-order valence-electron chi connectivity index (χ1n) is 11.2. The zero-order valence-corrected chi connectivity index (χ0v) is 21.8. The third-order valence-electron chi connectivity index (χ3n) is 5.41. The Morgan fingerprint density at radius 1 is 1.08 bits per heavy atom. The van der Waals surface area contributed by atoms with E-state index in [2.05, 4.69) is 26.6 Å². The van der Waals surface area contributed by atoms with Gasteiger partial charge in [0.05, 0.1) is 27.9 Å². The molecule has 1 aliphatic heterocycles. The fourth-order valence-corrected chi connectivity index (χ4v) is 4.12. The monoisotopic (exact) mass is 594 g/mol. The Balaban J connectivity index is 1.49. The Labute approximate surface area is 229 Å². The average molecular weight is 595 g/mol. The minimum Gasteiger partial charge on any atom is -0.495 e. The van der Waals surface area contributed by atoms with Crippen LogP contribution in [0.1, 0.15) is 5.56 Å². The molecule has 13 heteroatoms. The number of nitrogens with one attached hydrogen (secondary N) is 2. The molecule has 0 saturated carbocycles. The smallest absolute Gasteiger partial charge is 0.335 e. The van der Waals surface area contributed by atoms with Crippen molar-refractivity contribution in [3.8, 4) is 11.5 Å². The van der Waals surface area contributed by atoms with Crippen molar-refractivity contribution >= 4 is 62.8 Å². The van der Waals surface area contributed by atoms with Crippen molar-refractivity contribution in [2.45, 2.75) is 0 Å². The number of halogens is 1. The average Bonchev–Trinajstić information content (AvgIpc) is 2.91. The van der Waals surface area contributed by atoms with Gasteiger partial charge in [-0.2, -0.15) is 0 Å². The number of rotatable bonds is 8. The molecule has 0 spiro atoms.